The van der Waals surface area contributed by atoms with Gasteiger partial charge in [0.1, 0.15) is 5.82 Å². The van der Waals surface area contributed by atoms with Crippen LogP contribution in [0.2, 0.25) is 0 Å². The molecule has 1 aromatic carbocycles. The Hall–Kier alpha value is -2.33. The van der Waals surface area contributed by atoms with Crippen LogP contribution in [0.25, 0.3) is 10.9 Å². The van der Waals surface area contributed by atoms with Gasteiger partial charge in [-0.2, -0.15) is 0 Å². The third-order valence-corrected chi connectivity index (χ3v) is 4.22. The molecule has 4 heteroatoms. The quantitative estimate of drug-likeness (QED) is 0.718. The van der Waals surface area contributed by atoms with Gasteiger partial charge in [-0.05, 0) is 61.2 Å². The summed E-state index contributed by atoms with van der Waals surface area (Å²) < 4.78 is 0. The zero-order chi connectivity index (χ0) is 16.1. The number of rotatable bonds is 6. The van der Waals surface area contributed by atoms with Crippen LogP contribution in [-0.2, 0) is 6.54 Å². The molecule has 0 saturated heterocycles. The van der Waals surface area contributed by atoms with Gasteiger partial charge < -0.3 is 16.4 Å². The zero-order valence-electron chi connectivity index (χ0n) is 13.6. The number of anilines is 1. The molecular formula is C19H24N4. The summed E-state index contributed by atoms with van der Waals surface area (Å²) in [7, 11) is 0. The number of aromatic nitrogens is 1. The number of nitrogens with two attached hydrogens (primary N) is 1. The van der Waals surface area contributed by atoms with E-state index in [9.17, 15) is 0 Å². The number of hydrogen-bond donors (Lipinski definition) is 3. The SMILES string of the molecule is CC1=CCNC=C1CCCNCc1ccc2ccc(N)nc2c1. The Morgan fingerprint density at radius 1 is 1.26 bits per heavy atom. The van der Waals surface area contributed by atoms with Crippen LogP contribution < -0.4 is 16.4 Å². The fraction of sp³-hybridized carbons (Fsp3) is 0.316. The Labute approximate surface area is 137 Å². The second-order valence-corrected chi connectivity index (χ2v) is 6.01. The number of hydrogen-bond acceptors (Lipinski definition) is 4. The maximum Gasteiger partial charge on any atom is 0.124 e. The summed E-state index contributed by atoms with van der Waals surface area (Å²) >= 11 is 0. The molecule has 23 heavy (non-hydrogen) atoms. The first-order chi connectivity index (χ1) is 11.2. The molecule has 0 atom stereocenters. The minimum Gasteiger partial charge on any atom is -0.387 e. The average Bonchev–Trinajstić information content (AvgIpc) is 2.56. The molecule has 0 saturated carbocycles. The second-order valence-electron chi connectivity index (χ2n) is 6.01. The van der Waals surface area contributed by atoms with Crippen molar-refractivity contribution in [2.45, 2.75) is 26.3 Å². The Morgan fingerprint density at radius 3 is 3.00 bits per heavy atom. The minimum absolute atomic E-state index is 0.570. The molecule has 4 N–H and O–H groups in total. The topological polar surface area (TPSA) is 63.0 Å². The minimum atomic E-state index is 0.570. The molecule has 2 heterocycles. The Morgan fingerprint density at radius 2 is 2.13 bits per heavy atom. The van der Waals surface area contributed by atoms with Gasteiger partial charge in [0, 0.05) is 24.7 Å². The van der Waals surface area contributed by atoms with Crippen molar-refractivity contribution >= 4 is 16.7 Å². The van der Waals surface area contributed by atoms with E-state index in [0.717, 1.165) is 43.4 Å². The monoisotopic (exact) mass is 308 g/mol. The number of nitrogens with one attached hydrogen (secondary N) is 2. The third kappa shape index (κ3) is 4.11. The van der Waals surface area contributed by atoms with Crippen molar-refractivity contribution in [1.29, 1.82) is 0 Å². The predicted molar refractivity (Wildman–Crippen MR) is 96.9 cm³/mol. The van der Waals surface area contributed by atoms with Crippen LogP contribution >= 0.6 is 0 Å². The van der Waals surface area contributed by atoms with Crippen molar-refractivity contribution in [2.24, 2.45) is 0 Å². The Bertz CT molecular complexity index is 746. The van der Waals surface area contributed by atoms with Gasteiger partial charge in [-0.25, -0.2) is 4.98 Å². The molecule has 120 valence electrons. The zero-order valence-corrected chi connectivity index (χ0v) is 13.6. The molecule has 0 unspecified atom stereocenters. The highest BCUT2D eigenvalue weighted by Crippen LogP contribution is 2.17. The second kappa shape index (κ2) is 7.29. The molecule has 0 fully saturated rings. The lowest BCUT2D eigenvalue weighted by molar-refractivity contribution is 0.646. The van der Waals surface area contributed by atoms with Crippen LogP contribution in [0.3, 0.4) is 0 Å². The first-order valence-corrected chi connectivity index (χ1v) is 8.18. The molecule has 1 aliphatic heterocycles. The van der Waals surface area contributed by atoms with Gasteiger partial charge in [-0.3, -0.25) is 0 Å². The van der Waals surface area contributed by atoms with E-state index >= 15 is 0 Å². The number of pyridine rings is 1. The summed E-state index contributed by atoms with van der Waals surface area (Å²) in [6, 6.07) is 10.2. The van der Waals surface area contributed by atoms with Crippen molar-refractivity contribution < 1.29 is 0 Å². The predicted octanol–water partition coefficient (Wildman–Crippen LogP) is 3.12. The summed E-state index contributed by atoms with van der Waals surface area (Å²) in [5.41, 5.74) is 10.8. The first kappa shape index (κ1) is 15.6. The molecule has 1 aliphatic rings. The van der Waals surface area contributed by atoms with E-state index in [1.807, 2.05) is 12.1 Å². The lowest BCUT2D eigenvalue weighted by Crippen LogP contribution is -2.16. The van der Waals surface area contributed by atoms with Crippen molar-refractivity contribution in [1.82, 2.24) is 15.6 Å². The van der Waals surface area contributed by atoms with E-state index in [-0.39, 0.29) is 0 Å². The van der Waals surface area contributed by atoms with Crippen molar-refractivity contribution in [3.63, 3.8) is 0 Å². The van der Waals surface area contributed by atoms with Crippen LogP contribution in [0.15, 0.2) is 53.8 Å². The first-order valence-electron chi connectivity index (χ1n) is 8.18. The number of nitrogens with zero attached hydrogens (tertiary/aromatic N) is 1. The fourth-order valence-corrected chi connectivity index (χ4v) is 2.83. The Kier molecular flexibility index (Phi) is 4.93. The maximum absolute atomic E-state index is 5.75. The fourth-order valence-electron chi connectivity index (χ4n) is 2.83. The van der Waals surface area contributed by atoms with Crippen LogP contribution in [0, 0.1) is 0 Å². The van der Waals surface area contributed by atoms with E-state index < -0.39 is 0 Å². The highest BCUT2D eigenvalue weighted by molar-refractivity contribution is 5.80. The summed E-state index contributed by atoms with van der Waals surface area (Å²) in [4.78, 5) is 4.38. The molecule has 0 bridgehead atoms. The van der Waals surface area contributed by atoms with Gasteiger partial charge in [0.25, 0.3) is 0 Å². The summed E-state index contributed by atoms with van der Waals surface area (Å²) in [6.07, 6.45) is 6.64. The Balaban J connectivity index is 1.47. The van der Waals surface area contributed by atoms with Gasteiger partial charge in [-0.1, -0.05) is 18.2 Å². The third-order valence-electron chi connectivity index (χ3n) is 4.22. The number of nitrogen functional groups attached to an aromatic ring is 1. The van der Waals surface area contributed by atoms with E-state index in [1.54, 1.807) is 0 Å². The smallest absolute Gasteiger partial charge is 0.124 e. The normalized spacial score (nSPS) is 14.3. The van der Waals surface area contributed by atoms with Gasteiger partial charge in [-0.15, -0.1) is 0 Å². The molecule has 1 aromatic heterocycles. The molecular weight excluding hydrogens is 284 g/mol. The molecule has 0 radical (unpaired) electrons. The lowest BCUT2D eigenvalue weighted by atomic mass is 10.0. The van der Waals surface area contributed by atoms with E-state index in [4.69, 9.17) is 5.73 Å². The van der Waals surface area contributed by atoms with Crippen molar-refractivity contribution in [3.8, 4) is 0 Å². The number of allylic oxidation sites excluding steroid dienone is 2. The summed E-state index contributed by atoms with van der Waals surface area (Å²) in [5, 5.41) is 7.91. The van der Waals surface area contributed by atoms with E-state index in [2.05, 4.69) is 53.0 Å². The molecule has 3 rings (SSSR count). The van der Waals surface area contributed by atoms with Crippen LogP contribution in [-0.4, -0.2) is 18.1 Å². The molecule has 2 aromatic rings. The molecule has 0 spiro atoms. The van der Waals surface area contributed by atoms with Crippen LogP contribution in [0.1, 0.15) is 25.3 Å². The van der Waals surface area contributed by atoms with Gasteiger partial charge >= 0.3 is 0 Å². The summed E-state index contributed by atoms with van der Waals surface area (Å²) in [5.74, 6) is 0.570. The van der Waals surface area contributed by atoms with Gasteiger partial charge in [0.2, 0.25) is 0 Å². The highest BCUT2D eigenvalue weighted by atomic mass is 14.9. The number of dihydropyridines is 1. The largest absolute Gasteiger partial charge is 0.387 e. The van der Waals surface area contributed by atoms with Gasteiger partial charge in [0.15, 0.2) is 0 Å². The van der Waals surface area contributed by atoms with Crippen LogP contribution in [0.4, 0.5) is 5.82 Å². The standard InChI is InChI=1S/C19H24N4/c1-14-8-10-22-13-17(14)3-2-9-21-12-15-4-5-16-6-7-19(20)23-18(16)11-15/h4-8,11,13,21-22H,2-3,9-10,12H2,1H3,(H2,20,23). The maximum atomic E-state index is 5.75. The van der Waals surface area contributed by atoms with Crippen molar-refractivity contribution in [2.75, 3.05) is 18.8 Å². The van der Waals surface area contributed by atoms with E-state index in [0.29, 0.717) is 5.82 Å². The van der Waals surface area contributed by atoms with Gasteiger partial charge in [0.05, 0.1) is 5.52 Å². The molecule has 0 amide bonds. The number of benzene rings is 1. The lowest BCUT2D eigenvalue weighted by Gasteiger charge is -2.14. The number of fused-ring (bicyclic) bond motifs is 1. The summed E-state index contributed by atoms with van der Waals surface area (Å²) in [6.45, 7) is 5.01. The van der Waals surface area contributed by atoms with Crippen LogP contribution in [0.5, 0.6) is 0 Å². The van der Waals surface area contributed by atoms with E-state index in [1.165, 1.54) is 16.7 Å². The van der Waals surface area contributed by atoms with Crippen molar-refractivity contribution in [3.05, 3.63) is 59.3 Å². The molecule has 4 nitrogen and oxygen atoms in total. The molecule has 0 aliphatic carbocycles. The highest BCUT2D eigenvalue weighted by Gasteiger charge is 2.04. The average molecular weight is 308 g/mol.